The van der Waals surface area contributed by atoms with Crippen molar-refractivity contribution in [3.8, 4) is 0 Å². The van der Waals surface area contributed by atoms with E-state index in [9.17, 15) is 13.2 Å². The van der Waals surface area contributed by atoms with E-state index in [1.165, 1.54) is 4.31 Å². The van der Waals surface area contributed by atoms with Crippen molar-refractivity contribution in [2.75, 3.05) is 9.62 Å². The van der Waals surface area contributed by atoms with Crippen LogP contribution in [0.4, 0.5) is 11.4 Å². The van der Waals surface area contributed by atoms with Crippen LogP contribution in [0.1, 0.15) is 22.8 Å². The van der Waals surface area contributed by atoms with E-state index in [0.29, 0.717) is 17.7 Å². The molecule has 0 radical (unpaired) electrons. The fourth-order valence-electron chi connectivity index (χ4n) is 4.35. The average molecular weight is 443 g/mol. The Morgan fingerprint density at radius 2 is 1.62 bits per heavy atom. The van der Waals surface area contributed by atoms with E-state index in [0.717, 1.165) is 22.0 Å². The molecule has 0 saturated carbocycles. The second-order valence-electron chi connectivity index (χ2n) is 7.99. The maximum Gasteiger partial charge on any atom is 0.264 e. The van der Waals surface area contributed by atoms with Crippen LogP contribution in [0.3, 0.4) is 0 Å². The first-order chi connectivity index (χ1) is 15.4. The van der Waals surface area contributed by atoms with Gasteiger partial charge in [0.15, 0.2) is 0 Å². The van der Waals surface area contributed by atoms with E-state index in [2.05, 4.69) is 5.32 Å². The monoisotopic (exact) mass is 442 g/mol. The van der Waals surface area contributed by atoms with Gasteiger partial charge in [-0.3, -0.25) is 9.10 Å². The van der Waals surface area contributed by atoms with Crippen molar-refractivity contribution < 1.29 is 13.2 Å². The molecule has 1 amide bonds. The third kappa shape index (κ3) is 3.42. The molecule has 0 aromatic heterocycles. The van der Waals surface area contributed by atoms with E-state index >= 15 is 0 Å². The molecule has 0 bridgehead atoms. The molecule has 1 aliphatic rings. The summed E-state index contributed by atoms with van der Waals surface area (Å²) in [5.41, 5.74) is 2.73. The van der Waals surface area contributed by atoms with Crippen molar-refractivity contribution >= 4 is 38.1 Å². The van der Waals surface area contributed by atoms with Crippen molar-refractivity contribution in [3.05, 3.63) is 102 Å². The van der Waals surface area contributed by atoms with Gasteiger partial charge < -0.3 is 5.32 Å². The molecule has 5 rings (SSSR count). The molecule has 5 nitrogen and oxygen atoms in total. The molecule has 160 valence electrons. The average Bonchev–Trinajstić information content (AvgIpc) is 3.15. The molecule has 4 aromatic carbocycles. The summed E-state index contributed by atoms with van der Waals surface area (Å²) in [5.74, 6) is -0.221. The summed E-state index contributed by atoms with van der Waals surface area (Å²) in [6.07, 6.45) is 0.552. The lowest BCUT2D eigenvalue weighted by Gasteiger charge is -2.24. The number of rotatable bonds is 4. The predicted octanol–water partition coefficient (Wildman–Crippen LogP) is 5.23. The van der Waals surface area contributed by atoms with Crippen LogP contribution in [0.5, 0.6) is 0 Å². The summed E-state index contributed by atoms with van der Waals surface area (Å²) in [6, 6.07) is 27.1. The number of fused-ring (bicyclic) bond motifs is 2. The highest BCUT2D eigenvalue weighted by Crippen LogP contribution is 2.37. The fraction of sp³-hybridized carbons (Fsp3) is 0.115. The number of sulfonamides is 1. The highest BCUT2D eigenvalue weighted by Gasteiger charge is 2.36. The van der Waals surface area contributed by atoms with Gasteiger partial charge in [-0.2, -0.15) is 0 Å². The Hall–Kier alpha value is -3.64. The minimum absolute atomic E-state index is 0.221. The molecule has 1 N–H and O–H groups in total. The molecular formula is C26H22N2O3S. The van der Waals surface area contributed by atoms with Gasteiger partial charge in [0, 0.05) is 22.7 Å². The van der Waals surface area contributed by atoms with Crippen LogP contribution in [0, 0.1) is 0 Å². The lowest BCUT2D eigenvalue weighted by atomic mass is 10.1. The highest BCUT2D eigenvalue weighted by atomic mass is 32.2. The molecule has 0 saturated heterocycles. The SMILES string of the molecule is C[C@@H]1Cc2cc(C(=O)Nc3cccc4ccccc34)ccc2N1S(=O)(=O)c1ccccc1. The zero-order valence-electron chi connectivity index (χ0n) is 17.5. The molecule has 0 aliphatic carbocycles. The summed E-state index contributed by atoms with van der Waals surface area (Å²) in [6.45, 7) is 1.89. The number of hydrogen-bond acceptors (Lipinski definition) is 3. The fourth-order valence-corrected chi connectivity index (χ4v) is 6.06. The van der Waals surface area contributed by atoms with Gasteiger partial charge in [-0.05, 0) is 60.7 Å². The summed E-state index contributed by atoms with van der Waals surface area (Å²) in [7, 11) is -3.67. The Kier molecular flexibility index (Phi) is 4.94. The van der Waals surface area contributed by atoms with Crippen molar-refractivity contribution in [1.29, 1.82) is 0 Å². The third-order valence-electron chi connectivity index (χ3n) is 5.83. The second kappa shape index (κ2) is 7.80. The van der Waals surface area contributed by atoms with E-state index in [1.807, 2.05) is 49.4 Å². The second-order valence-corrected chi connectivity index (χ2v) is 9.81. The molecule has 1 atom stereocenters. The van der Waals surface area contributed by atoms with Gasteiger partial charge >= 0.3 is 0 Å². The highest BCUT2D eigenvalue weighted by molar-refractivity contribution is 7.92. The maximum absolute atomic E-state index is 13.2. The normalized spacial score (nSPS) is 15.5. The quantitative estimate of drug-likeness (QED) is 0.470. The first-order valence-corrected chi connectivity index (χ1v) is 11.9. The summed E-state index contributed by atoms with van der Waals surface area (Å²) in [5, 5.41) is 5.02. The molecule has 1 heterocycles. The van der Waals surface area contributed by atoms with E-state index in [-0.39, 0.29) is 16.8 Å². The molecule has 0 fully saturated rings. The number of nitrogens with one attached hydrogen (secondary N) is 1. The third-order valence-corrected chi connectivity index (χ3v) is 7.77. The van der Waals surface area contributed by atoms with Crippen LogP contribution >= 0.6 is 0 Å². The number of hydrogen-bond donors (Lipinski definition) is 1. The lowest BCUT2D eigenvalue weighted by Crippen LogP contribution is -2.35. The van der Waals surface area contributed by atoms with Crippen LogP contribution in [0.25, 0.3) is 10.8 Å². The number of carbonyl (C=O) groups is 1. The number of carbonyl (C=O) groups excluding carboxylic acids is 1. The van der Waals surface area contributed by atoms with Gasteiger partial charge in [0.25, 0.3) is 15.9 Å². The Labute approximate surface area is 187 Å². The van der Waals surface area contributed by atoms with E-state index in [1.54, 1.807) is 48.5 Å². The molecule has 6 heteroatoms. The Morgan fingerprint density at radius 1 is 0.906 bits per heavy atom. The number of amides is 1. The number of anilines is 2. The van der Waals surface area contributed by atoms with Gasteiger partial charge in [0.2, 0.25) is 0 Å². The minimum Gasteiger partial charge on any atom is -0.321 e. The van der Waals surface area contributed by atoms with Crippen LogP contribution < -0.4 is 9.62 Å². The maximum atomic E-state index is 13.2. The van der Waals surface area contributed by atoms with Gasteiger partial charge in [-0.15, -0.1) is 0 Å². The van der Waals surface area contributed by atoms with Crippen molar-refractivity contribution in [1.82, 2.24) is 0 Å². The Balaban J connectivity index is 1.46. The summed E-state index contributed by atoms with van der Waals surface area (Å²) < 4.78 is 27.9. The Morgan fingerprint density at radius 3 is 2.44 bits per heavy atom. The van der Waals surface area contributed by atoms with Crippen LogP contribution in [0.15, 0.2) is 95.9 Å². The standard InChI is InChI=1S/C26H22N2O3S/c1-18-16-21-17-20(26(29)27-24-13-7-9-19-8-5-6-12-23(19)24)14-15-25(21)28(18)32(30,31)22-10-3-2-4-11-22/h2-15,17-18H,16H2,1H3,(H,27,29)/t18-/m1/s1. The predicted molar refractivity (Wildman–Crippen MR) is 128 cm³/mol. The van der Waals surface area contributed by atoms with Crippen molar-refractivity contribution in [2.24, 2.45) is 0 Å². The zero-order valence-corrected chi connectivity index (χ0v) is 18.3. The lowest BCUT2D eigenvalue weighted by molar-refractivity contribution is 0.102. The van der Waals surface area contributed by atoms with E-state index < -0.39 is 10.0 Å². The number of nitrogens with zero attached hydrogens (tertiary/aromatic N) is 1. The Bertz CT molecular complexity index is 1430. The van der Waals surface area contributed by atoms with E-state index in [4.69, 9.17) is 0 Å². The molecule has 0 unspecified atom stereocenters. The molecule has 32 heavy (non-hydrogen) atoms. The summed E-state index contributed by atoms with van der Waals surface area (Å²) >= 11 is 0. The van der Waals surface area contributed by atoms with Crippen LogP contribution in [0.2, 0.25) is 0 Å². The van der Waals surface area contributed by atoms with Crippen molar-refractivity contribution in [3.63, 3.8) is 0 Å². The molecule has 0 spiro atoms. The van der Waals surface area contributed by atoms with Crippen LogP contribution in [-0.2, 0) is 16.4 Å². The zero-order chi connectivity index (χ0) is 22.3. The van der Waals surface area contributed by atoms with Crippen molar-refractivity contribution in [2.45, 2.75) is 24.3 Å². The van der Waals surface area contributed by atoms with Gasteiger partial charge in [0.05, 0.1) is 10.6 Å². The molecule has 1 aliphatic heterocycles. The largest absolute Gasteiger partial charge is 0.321 e. The number of benzene rings is 4. The topological polar surface area (TPSA) is 66.5 Å². The first kappa shape index (κ1) is 20.3. The molecular weight excluding hydrogens is 420 g/mol. The smallest absolute Gasteiger partial charge is 0.264 e. The minimum atomic E-state index is -3.67. The van der Waals surface area contributed by atoms with Gasteiger partial charge in [-0.25, -0.2) is 8.42 Å². The molecule has 4 aromatic rings. The summed E-state index contributed by atoms with van der Waals surface area (Å²) in [4.78, 5) is 13.3. The van der Waals surface area contributed by atoms with Gasteiger partial charge in [-0.1, -0.05) is 54.6 Å². The van der Waals surface area contributed by atoms with Gasteiger partial charge in [0.1, 0.15) is 0 Å². The first-order valence-electron chi connectivity index (χ1n) is 10.5. The van der Waals surface area contributed by atoms with Crippen LogP contribution in [-0.4, -0.2) is 20.4 Å².